The molecule has 3 heterocycles. The number of benzene rings is 10. The zero-order valence-corrected chi connectivity index (χ0v) is 36.0. The predicted octanol–water partition coefficient (Wildman–Crippen LogP) is 16.8. The first-order valence-electron chi connectivity index (χ1n) is 22.6. The summed E-state index contributed by atoms with van der Waals surface area (Å²) in [6.45, 7) is 0. The molecule has 0 aliphatic heterocycles. The maximum atomic E-state index is 5.15. The van der Waals surface area contributed by atoms with Crippen LogP contribution in [0.2, 0.25) is 0 Å². The van der Waals surface area contributed by atoms with Crippen LogP contribution in [0.3, 0.4) is 0 Å². The smallest absolute Gasteiger partial charge is 0.0715 e. The number of hydrogen-bond donors (Lipinski definition) is 0. The summed E-state index contributed by atoms with van der Waals surface area (Å²) in [5.74, 6) is 0. The van der Waals surface area contributed by atoms with Crippen molar-refractivity contribution in [2.75, 3.05) is 0 Å². The van der Waals surface area contributed by atoms with Crippen molar-refractivity contribution in [1.29, 1.82) is 0 Å². The average Bonchev–Trinajstić information content (AvgIpc) is 3.91. The second kappa shape index (κ2) is 15.5. The molecule has 3 nitrogen and oxygen atoms in total. The largest absolute Gasteiger partial charge is 0.309 e. The van der Waals surface area contributed by atoms with E-state index in [0.29, 0.717) is 0 Å². The highest BCUT2D eigenvalue weighted by Gasteiger charge is 2.18. The normalized spacial score (nSPS) is 11.6. The van der Waals surface area contributed by atoms with Crippen molar-refractivity contribution >= 4 is 54.4 Å². The predicted molar refractivity (Wildman–Crippen MR) is 278 cm³/mol. The Morgan fingerprint density at radius 2 is 0.697 bits per heavy atom. The summed E-state index contributed by atoms with van der Waals surface area (Å²) in [6, 6.07) is 90.0. The zero-order chi connectivity index (χ0) is 43.6. The Morgan fingerprint density at radius 3 is 1.32 bits per heavy atom. The Hall–Kier alpha value is -8.79. The molecule has 3 heteroatoms. The van der Waals surface area contributed by atoms with Crippen LogP contribution in [0.25, 0.3) is 122 Å². The average molecular weight is 840 g/mol. The Kier molecular flexibility index (Phi) is 8.85. The second-order valence-corrected chi connectivity index (χ2v) is 17.2. The van der Waals surface area contributed by atoms with E-state index in [-0.39, 0.29) is 0 Å². The van der Waals surface area contributed by atoms with Crippen molar-refractivity contribution in [3.05, 3.63) is 249 Å². The van der Waals surface area contributed by atoms with Gasteiger partial charge in [-0.15, -0.1) is 0 Å². The van der Waals surface area contributed by atoms with E-state index >= 15 is 0 Å². The van der Waals surface area contributed by atoms with E-state index in [4.69, 9.17) is 4.98 Å². The number of nitrogens with zero attached hydrogens (tertiary/aromatic N) is 3. The van der Waals surface area contributed by atoms with Gasteiger partial charge in [-0.3, -0.25) is 0 Å². The minimum absolute atomic E-state index is 0.955. The molecule has 3 aromatic heterocycles. The van der Waals surface area contributed by atoms with Crippen LogP contribution >= 0.6 is 0 Å². The van der Waals surface area contributed by atoms with Gasteiger partial charge in [-0.25, -0.2) is 4.98 Å². The summed E-state index contributed by atoms with van der Waals surface area (Å²) < 4.78 is 4.82. The minimum Gasteiger partial charge on any atom is -0.309 e. The molecule has 0 aliphatic rings. The van der Waals surface area contributed by atoms with Gasteiger partial charge in [-0.1, -0.05) is 176 Å². The molecule has 10 aromatic carbocycles. The van der Waals surface area contributed by atoms with E-state index in [1.54, 1.807) is 0 Å². The monoisotopic (exact) mass is 839 g/mol. The molecule has 0 saturated carbocycles. The van der Waals surface area contributed by atoms with Crippen LogP contribution in [0.5, 0.6) is 0 Å². The molecule has 0 unspecified atom stereocenters. The number of pyridine rings is 1. The molecule has 0 saturated heterocycles. The topological polar surface area (TPSA) is 22.8 Å². The third kappa shape index (κ3) is 6.32. The summed E-state index contributed by atoms with van der Waals surface area (Å²) in [5, 5.41) is 7.46. The molecule has 0 fully saturated rings. The van der Waals surface area contributed by atoms with Crippen molar-refractivity contribution in [3.63, 3.8) is 0 Å². The summed E-state index contributed by atoms with van der Waals surface area (Å²) >= 11 is 0. The zero-order valence-electron chi connectivity index (χ0n) is 36.0. The number of aromatic nitrogens is 3. The molecule has 308 valence electrons. The van der Waals surface area contributed by atoms with Gasteiger partial charge in [0.15, 0.2) is 0 Å². The molecule has 0 radical (unpaired) electrons. The molecule has 66 heavy (non-hydrogen) atoms. The first-order chi connectivity index (χ1) is 32.7. The SMILES string of the molecule is c1ccc(-c2cc(-c3cccc(-n4c5ccccc5c5cc(-c6ccc7c(c6)c6ccccc6n7-c6ccc(-c7cccc8ccccc78)cc6)ccc54)c3)cc(-c3ccccc3)n2)cc1. The van der Waals surface area contributed by atoms with Gasteiger partial charge in [0.1, 0.15) is 0 Å². The lowest BCUT2D eigenvalue weighted by Crippen LogP contribution is -1.95. The quantitative estimate of drug-likeness (QED) is 0.157. The molecule has 0 atom stereocenters. The molecule has 0 spiro atoms. The molecule has 0 N–H and O–H groups in total. The van der Waals surface area contributed by atoms with Crippen LogP contribution in [0, 0.1) is 0 Å². The summed E-state index contributed by atoms with van der Waals surface area (Å²) in [6.07, 6.45) is 0. The third-order valence-electron chi connectivity index (χ3n) is 13.3. The molecule has 0 bridgehead atoms. The van der Waals surface area contributed by atoms with Crippen LogP contribution in [-0.4, -0.2) is 14.1 Å². The van der Waals surface area contributed by atoms with E-state index in [0.717, 1.165) is 45.0 Å². The van der Waals surface area contributed by atoms with Gasteiger partial charge in [-0.2, -0.15) is 0 Å². The van der Waals surface area contributed by atoms with Crippen LogP contribution < -0.4 is 0 Å². The van der Waals surface area contributed by atoms with Gasteiger partial charge in [-0.05, 0) is 117 Å². The van der Waals surface area contributed by atoms with E-state index in [1.807, 2.05) is 0 Å². The summed E-state index contributed by atoms with van der Waals surface area (Å²) in [4.78, 5) is 5.15. The molecule has 13 aromatic rings. The molecule has 0 aliphatic carbocycles. The van der Waals surface area contributed by atoms with Crippen molar-refractivity contribution in [3.8, 4) is 67.3 Å². The Bertz CT molecular complexity index is 3910. The van der Waals surface area contributed by atoms with Crippen molar-refractivity contribution < 1.29 is 0 Å². The fourth-order valence-corrected chi connectivity index (χ4v) is 10.2. The van der Waals surface area contributed by atoms with Gasteiger partial charge in [0.2, 0.25) is 0 Å². The second-order valence-electron chi connectivity index (χ2n) is 17.2. The highest BCUT2D eigenvalue weighted by atomic mass is 15.0. The Morgan fingerprint density at radius 1 is 0.242 bits per heavy atom. The highest BCUT2D eigenvalue weighted by molar-refractivity contribution is 6.13. The first-order valence-corrected chi connectivity index (χ1v) is 22.6. The third-order valence-corrected chi connectivity index (χ3v) is 13.3. The van der Waals surface area contributed by atoms with Gasteiger partial charge >= 0.3 is 0 Å². The number of rotatable bonds is 7. The fourth-order valence-electron chi connectivity index (χ4n) is 10.2. The lowest BCUT2D eigenvalue weighted by atomic mass is 9.98. The van der Waals surface area contributed by atoms with E-state index in [2.05, 4.69) is 258 Å². The summed E-state index contributed by atoms with van der Waals surface area (Å²) in [5.41, 5.74) is 18.2. The number of fused-ring (bicyclic) bond motifs is 7. The van der Waals surface area contributed by atoms with E-state index < -0.39 is 0 Å². The van der Waals surface area contributed by atoms with Gasteiger partial charge in [0.05, 0.1) is 33.5 Å². The Balaban J connectivity index is 0.899. The lowest BCUT2D eigenvalue weighted by molar-refractivity contribution is 1.18. The summed E-state index contributed by atoms with van der Waals surface area (Å²) in [7, 11) is 0. The van der Waals surface area contributed by atoms with Gasteiger partial charge in [0.25, 0.3) is 0 Å². The van der Waals surface area contributed by atoms with Crippen LogP contribution in [0.15, 0.2) is 249 Å². The van der Waals surface area contributed by atoms with Crippen LogP contribution in [-0.2, 0) is 0 Å². The molecule has 13 rings (SSSR count). The standard InChI is InChI=1S/C63H41N3/c1-3-16-44(17-4-1)58-40-49(41-59(64-58)45-18-5-2-6-19-45)46-21-13-22-51(37-46)66-61-28-12-10-25-55(61)57-39-48(32-36-63(57)66)47-31-35-62-56(38-47)54-24-9-11-27-60(54)65(62)50-33-29-43(30-34-50)53-26-14-20-42-15-7-8-23-52(42)53/h1-41H. The molecular formula is C63H41N3. The fraction of sp³-hybridized carbons (Fsp3) is 0. The van der Waals surface area contributed by atoms with E-state index in [1.165, 1.54) is 76.6 Å². The number of para-hydroxylation sites is 2. The number of hydrogen-bond acceptors (Lipinski definition) is 1. The van der Waals surface area contributed by atoms with Crippen LogP contribution in [0.4, 0.5) is 0 Å². The van der Waals surface area contributed by atoms with Gasteiger partial charge in [0, 0.05) is 44.0 Å². The molecular weight excluding hydrogens is 799 g/mol. The van der Waals surface area contributed by atoms with Crippen molar-refractivity contribution in [2.24, 2.45) is 0 Å². The van der Waals surface area contributed by atoms with Crippen molar-refractivity contribution in [2.45, 2.75) is 0 Å². The van der Waals surface area contributed by atoms with E-state index in [9.17, 15) is 0 Å². The lowest BCUT2D eigenvalue weighted by Gasteiger charge is -2.13. The minimum atomic E-state index is 0.955. The highest BCUT2D eigenvalue weighted by Crippen LogP contribution is 2.40. The Labute approximate surface area is 382 Å². The maximum Gasteiger partial charge on any atom is 0.0715 e. The first kappa shape index (κ1) is 37.7. The van der Waals surface area contributed by atoms with Gasteiger partial charge < -0.3 is 9.13 Å². The van der Waals surface area contributed by atoms with Crippen LogP contribution in [0.1, 0.15) is 0 Å². The maximum absolute atomic E-state index is 5.15. The van der Waals surface area contributed by atoms with Crippen molar-refractivity contribution in [1.82, 2.24) is 14.1 Å². The molecule has 0 amide bonds.